The average molecular weight is 378 g/mol. The van der Waals surface area contributed by atoms with Crippen LogP contribution >= 0.6 is 0 Å². The number of hydrogen-bond donors (Lipinski definition) is 2. The van der Waals surface area contributed by atoms with E-state index in [9.17, 15) is 9.18 Å². The van der Waals surface area contributed by atoms with Crippen LogP contribution in [0.3, 0.4) is 0 Å². The molecule has 0 aliphatic heterocycles. The van der Waals surface area contributed by atoms with Crippen LogP contribution in [0.1, 0.15) is 34.1 Å². The third kappa shape index (κ3) is 4.91. The van der Waals surface area contributed by atoms with E-state index >= 15 is 0 Å². The van der Waals surface area contributed by atoms with Crippen molar-refractivity contribution in [1.82, 2.24) is 15.3 Å². The van der Waals surface area contributed by atoms with Crippen LogP contribution in [0.25, 0.3) is 0 Å². The van der Waals surface area contributed by atoms with Crippen molar-refractivity contribution in [1.29, 1.82) is 0 Å². The Labute approximate surface area is 164 Å². The Kier molecular flexibility index (Phi) is 6.32. The Morgan fingerprint density at radius 2 is 1.89 bits per heavy atom. The number of aromatic nitrogens is 2. The molecule has 0 aliphatic rings. The normalized spacial score (nSPS) is 10.5. The highest BCUT2D eigenvalue weighted by Gasteiger charge is 2.11. The molecule has 1 heterocycles. The molecule has 1 amide bonds. The molecule has 0 unspecified atom stereocenters. The maximum Gasteiger partial charge on any atom is 0.270 e. The van der Waals surface area contributed by atoms with E-state index in [0.717, 1.165) is 28.8 Å². The van der Waals surface area contributed by atoms with Gasteiger partial charge in [0.1, 0.15) is 11.5 Å². The van der Waals surface area contributed by atoms with Gasteiger partial charge in [-0.1, -0.05) is 37.3 Å². The number of nitrogens with one attached hydrogen (secondary N) is 2. The highest BCUT2D eigenvalue weighted by atomic mass is 19.1. The number of carbonyl (C=O) groups is 1. The zero-order valence-electron chi connectivity index (χ0n) is 16.0. The van der Waals surface area contributed by atoms with Gasteiger partial charge in [-0.05, 0) is 54.7 Å². The van der Waals surface area contributed by atoms with Crippen LogP contribution in [-0.4, -0.2) is 22.4 Å². The number of carbonyl (C=O) groups excluding carboxylic acids is 1. The average Bonchev–Trinajstić information content (AvgIpc) is 2.71. The summed E-state index contributed by atoms with van der Waals surface area (Å²) in [5.74, 6) is -0.156. The van der Waals surface area contributed by atoms with Gasteiger partial charge in [-0.3, -0.25) is 4.79 Å². The molecule has 0 atom stereocenters. The number of nitrogens with zero attached hydrogens (tertiary/aromatic N) is 2. The van der Waals surface area contributed by atoms with Gasteiger partial charge in [0.05, 0.1) is 0 Å². The standard InChI is InChI=1S/C22H23FN4O/c1-3-17-6-4-5-15(2)20(17)27-22-25-14-12-19(26-22)21(28)24-13-11-16-7-9-18(23)10-8-16/h4-10,12,14H,3,11,13H2,1-2H3,(H,24,28)(H,25,26,27). The first-order valence-corrected chi connectivity index (χ1v) is 9.28. The Balaban J connectivity index is 1.64. The molecule has 28 heavy (non-hydrogen) atoms. The molecular formula is C22H23FN4O. The zero-order valence-corrected chi connectivity index (χ0v) is 16.0. The van der Waals surface area contributed by atoms with E-state index in [4.69, 9.17) is 0 Å². The second-order valence-corrected chi connectivity index (χ2v) is 6.49. The fraction of sp³-hybridized carbons (Fsp3) is 0.227. The summed E-state index contributed by atoms with van der Waals surface area (Å²) in [6.07, 6.45) is 3.06. The van der Waals surface area contributed by atoms with E-state index in [1.807, 2.05) is 19.1 Å². The predicted octanol–water partition coefficient (Wildman–Crippen LogP) is 4.20. The molecule has 3 aromatic rings. The van der Waals surface area contributed by atoms with Gasteiger partial charge in [0.25, 0.3) is 5.91 Å². The first kappa shape index (κ1) is 19.5. The number of anilines is 2. The Hall–Kier alpha value is -3.28. The van der Waals surface area contributed by atoms with Crippen LogP contribution in [-0.2, 0) is 12.8 Å². The highest BCUT2D eigenvalue weighted by Crippen LogP contribution is 2.23. The summed E-state index contributed by atoms with van der Waals surface area (Å²) >= 11 is 0. The lowest BCUT2D eigenvalue weighted by Crippen LogP contribution is -2.26. The number of amides is 1. The first-order chi connectivity index (χ1) is 13.6. The molecular weight excluding hydrogens is 355 g/mol. The van der Waals surface area contributed by atoms with Crippen LogP contribution in [0.2, 0.25) is 0 Å². The van der Waals surface area contributed by atoms with Crippen LogP contribution in [0.15, 0.2) is 54.7 Å². The molecule has 144 valence electrons. The molecule has 1 aromatic heterocycles. The van der Waals surface area contributed by atoms with Crippen molar-refractivity contribution in [3.05, 3.63) is 82.9 Å². The molecule has 0 spiro atoms. The second-order valence-electron chi connectivity index (χ2n) is 6.49. The maximum absolute atomic E-state index is 12.9. The Bertz CT molecular complexity index is 957. The maximum atomic E-state index is 12.9. The fourth-order valence-corrected chi connectivity index (χ4v) is 2.92. The lowest BCUT2D eigenvalue weighted by Gasteiger charge is -2.13. The second kappa shape index (κ2) is 9.08. The lowest BCUT2D eigenvalue weighted by molar-refractivity contribution is 0.0949. The Morgan fingerprint density at radius 3 is 2.64 bits per heavy atom. The lowest BCUT2D eigenvalue weighted by atomic mass is 10.1. The number of hydrogen-bond acceptors (Lipinski definition) is 4. The van der Waals surface area contributed by atoms with E-state index in [-0.39, 0.29) is 11.7 Å². The summed E-state index contributed by atoms with van der Waals surface area (Å²) in [4.78, 5) is 21.0. The van der Waals surface area contributed by atoms with Crippen molar-refractivity contribution in [2.45, 2.75) is 26.7 Å². The summed E-state index contributed by atoms with van der Waals surface area (Å²) in [7, 11) is 0. The highest BCUT2D eigenvalue weighted by molar-refractivity contribution is 5.92. The van der Waals surface area contributed by atoms with Crippen molar-refractivity contribution in [2.75, 3.05) is 11.9 Å². The largest absolute Gasteiger partial charge is 0.350 e. The topological polar surface area (TPSA) is 66.9 Å². The number of halogens is 1. The van der Waals surface area contributed by atoms with E-state index in [1.54, 1.807) is 24.4 Å². The molecule has 2 N–H and O–H groups in total. The van der Waals surface area contributed by atoms with Gasteiger partial charge < -0.3 is 10.6 Å². The summed E-state index contributed by atoms with van der Waals surface area (Å²) < 4.78 is 12.9. The van der Waals surface area contributed by atoms with E-state index in [2.05, 4.69) is 33.6 Å². The Morgan fingerprint density at radius 1 is 1.11 bits per heavy atom. The molecule has 0 fully saturated rings. The third-order valence-corrected chi connectivity index (χ3v) is 4.48. The van der Waals surface area contributed by atoms with E-state index < -0.39 is 0 Å². The van der Waals surface area contributed by atoms with Crippen molar-refractivity contribution >= 4 is 17.5 Å². The van der Waals surface area contributed by atoms with Crippen molar-refractivity contribution in [2.24, 2.45) is 0 Å². The van der Waals surface area contributed by atoms with Crippen molar-refractivity contribution in [3.63, 3.8) is 0 Å². The van der Waals surface area contributed by atoms with Gasteiger partial charge in [0, 0.05) is 18.4 Å². The molecule has 3 rings (SSSR count). The van der Waals surface area contributed by atoms with Gasteiger partial charge in [-0.2, -0.15) is 0 Å². The molecule has 2 aromatic carbocycles. The molecule has 0 bridgehead atoms. The number of para-hydroxylation sites is 1. The van der Waals surface area contributed by atoms with Gasteiger partial charge in [-0.25, -0.2) is 14.4 Å². The van der Waals surface area contributed by atoms with Gasteiger partial charge in [-0.15, -0.1) is 0 Å². The summed E-state index contributed by atoms with van der Waals surface area (Å²) in [6.45, 7) is 4.55. The van der Waals surface area contributed by atoms with Gasteiger partial charge in [0.2, 0.25) is 5.95 Å². The van der Waals surface area contributed by atoms with Crippen LogP contribution in [0, 0.1) is 12.7 Å². The minimum atomic E-state index is -0.270. The summed E-state index contributed by atoms with van der Waals surface area (Å²) in [6, 6.07) is 13.9. The monoisotopic (exact) mass is 378 g/mol. The number of aryl methyl sites for hydroxylation is 2. The SMILES string of the molecule is CCc1cccc(C)c1Nc1nccc(C(=O)NCCc2ccc(F)cc2)n1. The van der Waals surface area contributed by atoms with E-state index in [1.165, 1.54) is 12.1 Å². The molecule has 0 saturated carbocycles. The molecule has 0 radical (unpaired) electrons. The smallest absolute Gasteiger partial charge is 0.270 e. The van der Waals surface area contributed by atoms with Crippen LogP contribution < -0.4 is 10.6 Å². The fourth-order valence-electron chi connectivity index (χ4n) is 2.92. The van der Waals surface area contributed by atoms with Crippen LogP contribution in [0.5, 0.6) is 0 Å². The van der Waals surface area contributed by atoms with Gasteiger partial charge in [0.15, 0.2) is 0 Å². The van der Waals surface area contributed by atoms with Gasteiger partial charge >= 0.3 is 0 Å². The van der Waals surface area contributed by atoms with Crippen LogP contribution in [0.4, 0.5) is 16.0 Å². The number of rotatable bonds is 7. The van der Waals surface area contributed by atoms with Crippen molar-refractivity contribution in [3.8, 4) is 0 Å². The molecule has 6 heteroatoms. The third-order valence-electron chi connectivity index (χ3n) is 4.48. The van der Waals surface area contributed by atoms with Crippen molar-refractivity contribution < 1.29 is 9.18 Å². The molecule has 0 aliphatic carbocycles. The van der Waals surface area contributed by atoms with E-state index in [0.29, 0.717) is 24.6 Å². The molecule has 0 saturated heterocycles. The molecule has 5 nitrogen and oxygen atoms in total. The first-order valence-electron chi connectivity index (χ1n) is 9.28. The summed E-state index contributed by atoms with van der Waals surface area (Å²) in [5, 5.41) is 6.07. The zero-order chi connectivity index (χ0) is 19.9. The minimum absolute atomic E-state index is 0.270. The predicted molar refractivity (Wildman–Crippen MR) is 108 cm³/mol. The number of benzene rings is 2. The minimum Gasteiger partial charge on any atom is -0.350 e. The quantitative estimate of drug-likeness (QED) is 0.647. The summed E-state index contributed by atoms with van der Waals surface area (Å²) in [5.41, 5.74) is 4.48.